The third-order valence-electron chi connectivity index (χ3n) is 4.30. The molecule has 3 rings (SSSR count). The molecule has 1 atom stereocenters. The van der Waals surface area contributed by atoms with E-state index in [-0.39, 0.29) is 19.0 Å². The van der Waals surface area contributed by atoms with E-state index in [1.807, 2.05) is 0 Å². The number of nitrogens with zero attached hydrogens (tertiary/aromatic N) is 5. The molecule has 32 heavy (non-hydrogen) atoms. The van der Waals surface area contributed by atoms with Gasteiger partial charge in [0.2, 0.25) is 0 Å². The van der Waals surface area contributed by atoms with Crippen molar-refractivity contribution in [2.24, 2.45) is 0 Å². The summed E-state index contributed by atoms with van der Waals surface area (Å²) in [5, 5.41) is 6.71. The van der Waals surface area contributed by atoms with Gasteiger partial charge in [0, 0.05) is 12.7 Å². The molecule has 1 aliphatic heterocycles. The van der Waals surface area contributed by atoms with E-state index in [9.17, 15) is 18.0 Å². The molecule has 1 amide bonds. The van der Waals surface area contributed by atoms with Gasteiger partial charge in [-0.2, -0.15) is 18.3 Å². The molecule has 0 saturated carbocycles. The van der Waals surface area contributed by atoms with Crippen LogP contribution < -0.4 is 10.2 Å². The Labute approximate surface area is 186 Å². The highest BCUT2D eigenvalue weighted by atomic mass is 19.4. The van der Waals surface area contributed by atoms with Crippen molar-refractivity contribution < 1.29 is 30.2 Å². The minimum absolute atomic E-state index is 0.241. The van der Waals surface area contributed by atoms with Crippen LogP contribution in [0.4, 0.5) is 23.8 Å². The van der Waals surface area contributed by atoms with Crippen molar-refractivity contribution in [2.45, 2.75) is 65.2 Å². The Bertz CT molecular complexity index is 1010. The summed E-state index contributed by atoms with van der Waals surface area (Å²) in [5.74, 6) is 1.18. The van der Waals surface area contributed by atoms with E-state index in [1.165, 1.54) is 13.0 Å². The number of hydrogen-bond donors (Lipinski definition) is 1. The molecule has 2 aromatic rings. The van der Waals surface area contributed by atoms with Gasteiger partial charge in [-0.1, -0.05) is 0 Å². The van der Waals surface area contributed by atoms with Gasteiger partial charge in [0.25, 0.3) is 0 Å². The van der Waals surface area contributed by atoms with Gasteiger partial charge in [0.15, 0.2) is 5.82 Å². The van der Waals surface area contributed by atoms with E-state index in [0.29, 0.717) is 24.7 Å². The third-order valence-corrected chi connectivity index (χ3v) is 4.30. The van der Waals surface area contributed by atoms with Gasteiger partial charge in [-0.25, -0.2) is 19.4 Å². The maximum absolute atomic E-state index is 12.8. The zero-order valence-electron chi connectivity index (χ0n) is 20.2. The summed E-state index contributed by atoms with van der Waals surface area (Å²) in [7, 11) is 0. The number of hydrogen-bond acceptors (Lipinski definition) is 7. The Morgan fingerprint density at radius 3 is 2.69 bits per heavy atom. The SMILES string of the molecule is [2H]C([2H])(OCc1nc2n(n1)CCN(c1ccc(C(F)(F)F)cn1)C2)[C@H](C)NC(=O)OC(C)(C)C. The zero-order valence-corrected chi connectivity index (χ0v) is 18.2. The van der Waals surface area contributed by atoms with E-state index in [2.05, 4.69) is 20.4 Å². The van der Waals surface area contributed by atoms with Crippen molar-refractivity contribution in [2.75, 3.05) is 18.0 Å². The number of anilines is 1. The van der Waals surface area contributed by atoms with Crippen LogP contribution in [0.25, 0.3) is 0 Å². The molecule has 12 heteroatoms. The normalized spacial score (nSPS) is 16.7. The van der Waals surface area contributed by atoms with Gasteiger partial charge >= 0.3 is 12.3 Å². The molecule has 0 aromatic carbocycles. The average Bonchev–Trinajstić information content (AvgIpc) is 3.12. The van der Waals surface area contributed by atoms with Gasteiger partial charge in [-0.3, -0.25) is 0 Å². The lowest BCUT2D eigenvalue weighted by atomic mass is 10.2. The predicted molar refractivity (Wildman–Crippen MR) is 109 cm³/mol. The van der Waals surface area contributed by atoms with Crippen LogP contribution in [-0.4, -0.2) is 50.6 Å². The van der Waals surface area contributed by atoms with Crippen molar-refractivity contribution in [3.8, 4) is 0 Å². The maximum atomic E-state index is 12.8. The van der Waals surface area contributed by atoms with Crippen molar-refractivity contribution >= 4 is 11.9 Å². The second kappa shape index (κ2) is 9.31. The summed E-state index contributed by atoms with van der Waals surface area (Å²) in [5.41, 5.74) is -1.54. The fourth-order valence-electron chi connectivity index (χ4n) is 2.93. The van der Waals surface area contributed by atoms with E-state index in [1.54, 1.807) is 30.4 Å². The van der Waals surface area contributed by atoms with Crippen LogP contribution in [-0.2, 0) is 35.3 Å². The number of fused-ring (bicyclic) bond motifs is 1. The van der Waals surface area contributed by atoms with Crippen molar-refractivity contribution in [1.82, 2.24) is 25.1 Å². The Hall–Kier alpha value is -2.89. The number of ether oxygens (including phenoxy) is 2. The van der Waals surface area contributed by atoms with E-state index < -0.39 is 36.0 Å². The molecular weight excluding hydrogens is 429 g/mol. The van der Waals surface area contributed by atoms with Gasteiger partial charge in [0.05, 0.1) is 34.0 Å². The van der Waals surface area contributed by atoms with Crippen LogP contribution in [0.1, 0.15) is 47.6 Å². The standard InChI is InChI=1S/C20H27F3N6O3/c1-13(25-18(30)32-19(2,3)4)11-31-12-15-26-17-10-28(7-8-29(17)27-15)16-6-5-14(9-24-16)20(21,22)23/h5-6,9,13H,7-8,10-12H2,1-4H3,(H,25,30)/t13-/m0/s1/i11D2. The summed E-state index contributed by atoms with van der Waals surface area (Å²) in [6, 6.07) is 1.28. The molecule has 1 aliphatic rings. The van der Waals surface area contributed by atoms with Gasteiger partial charge in [-0.15, -0.1) is 0 Å². The predicted octanol–water partition coefficient (Wildman–Crippen LogP) is 3.14. The van der Waals surface area contributed by atoms with E-state index in [0.717, 1.165) is 12.3 Å². The highest BCUT2D eigenvalue weighted by molar-refractivity contribution is 5.68. The first-order chi connectivity index (χ1) is 15.6. The Kier molecular flexibility index (Phi) is 6.10. The van der Waals surface area contributed by atoms with E-state index >= 15 is 0 Å². The first kappa shape index (κ1) is 21.0. The number of rotatable bonds is 6. The topological polar surface area (TPSA) is 94.4 Å². The molecule has 0 spiro atoms. The van der Waals surface area contributed by atoms with Crippen molar-refractivity contribution in [1.29, 1.82) is 0 Å². The monoisotopic (exact) mass is 458 g/mol. The molecule has 0 unspecified atom stereocenters. The number of amides is 1. The number of pyridine rings is 1. The largest absolute Gasteiger partial charge is 0.444 e. The molecule has 9 nitrogen and oxygen atoms in total. The lowest BCUT2D eigenvalue weighted by Crippen LogP contribution is -2.39. The molecule has 0 aliphatic carbocycles. The molecule has 0 radical (unpaired) electrons. The Morgan fingerprint density at radius 1 is 1.31 bits per heavy atom. The summed E-state index contributed by atoms with van der Waals surface area (Å²) in [6.45, 7) is 5.24. The minimum Gasteiger partial charge on any atom is -0.444 e. The fourth-order valence-corrected chi connectivity index (χ4v) is 2.93. The molecule has 0 bridgehead atoms. The summed E-state index contributed by atoms with van der Waals surface area (Å²) in [6.07, 6.45) is -4.42. The molecular formula is C20H27F3N6O3. The zero-order chi connectivity index (χ0) is 25.3. The second-order valence-electron chi connectivity index (χ2n) is 8.27. The molecule has 1 N–H and O–H groups in total. The number of alkyl carbamates (subject to hydrolysis) is 1. The van der Waals surface area contributed by atoms with Gasteiger partial charge < -0.3 is 19.7 Å². The molecule has 0 fully saturated rings. The summed E-state index contributed by atoms with van der Waals surface area (Å²) in [4.78, 5) is 21.9. The van der Waals surface area contributed by atoms with Gasteiger partial charge in [-0.05, 0) is 39.8 Å². The Morgan fingerprint density at radius 2 is 2.06 bits per heavy atom. The summed E-state index contributed by atoms with van der Waals surface area (Å²) < 4.78 is 66.5. The van der Waals surface area contributed by atoms with Crippen LogP contribution in [0.15, 0.2) is 18.3 Å². The highest BCUT2D eigenvalue weighted by Gasteiger charge is 2.31. The number of carbonyl (C=O) groups excluding carboxylic acids is 1. The fraction of sp³-hybridized carbons (Fsp3) is 0.600. The second-order valence-corrected chi connectivity index (χ2v) is 8.27. The number of carbonyl (C=O) groups is 1. The molecule has 2 aromatic heterocycles. The number of nitrogens with one attached hydrogen (secondary N) is 1. The maximum Gasteiger partial charge on any atom is 0.417 e. The first-order valence-electron chi connectivity index (χ1n) is 11.0. The average molecular weight is 458 g/mol. The number of halogens is 3. The number of alkyl halides is 3. The smallest absolute Gasteiger partial charge is 0.417 e. The van der Waals surface area contributed by atoms with Crippen LogP contribution in [0, 0.1) is 0 Å². The minimum atomic E-state index is -4.45. The number of aromatic nitrogens is 4. The van der Waals surface area contributed by atoms with Crippen LogP contribution in [0.3, 0.4) is 0 Å². The first-order valence-corrected chi connectivity index (χ1v) is 9.98. The van der Waals surface area contributed by atoms with Crippen LogP contribution >= 0.6 is 0 Å². The molecule has 0 saturated heterocycles. The van der Waals surface area contributed by atoms with Gasteiger partial charge in [0.1, 0.15) is 23.9 Å². The van der Waals surface area contributed by atoms with Crippen LogP contribution in [0.5, 0.6) is 0 Å². The molecule has 3 heterocycles. The quantitative estimate of drug-likeness (QED) is 0.711. The lowest BCUT2D eigenvalue weighted by molar-refractivity contribution is -0.137. The molecule has 176 valence electrons. The van der Waals surface area contributed by atoms with E-state index in [4.69, 9.17) is 12.2 Å². The van der Waals surface area contributed by atoms with Crippen LogP contribution in [0.2, 0.25) is 0 Å². The lowest BCUT2D eigenvalue weighted by Gasteiger charge is -2.27. The highest BCUT2D eigenvalue weighted by Crippen LogP contribution is 2.29. The van der Waals surface area contributed by atoms with Crippen molar-refractivity contribution in [3.05, 3.63) is 35.5 Å². The Balaban J connectivity index is 1.58. The van der Waals surface area contributed by atoms with Crippen molar-refractivity contribution in [3.63, 3.8) is 0 Å². The summed E-state index contributed by atoms with van der Waals surface area (Å²) >= 11 is 0. The third kappa shape index (κ3) is 6.55.